The summed E-state index contributed by atoms with van der Waals surface area (Å²) in [5.41, 5.74) is 1.29. The molecule has 1 saturated heterocycles. The van der Waals surface area contributed by atoms with Gasteiger partial charge in [-0.25, -0.2) is 0 Å². The van der Waals surface area contributed by atoms with Crippen molar-refractivity contribution in [1.29, 1.82) is 0 Å². The Morgan fingerprint density at radius 2 is 1.38 bits per heavy atom. The van der Waals surface area contributed by atoms with Crippen molar-refractivity contribution in [1.82, 2.24) is 9.80 Å². The molecular formula is C22H22N2O5. The van der Waals surface area contributed by atoms with Gasteiger partial charge in [0.05, 0.1) is 25.3 Å². The predicted octanol–water partition coefficient (Wildman–Crippen LogP) is 2.60. The van der Waals surface area contributed by atoms with Crippen LogP contribution in [0.2, 0.25) is 0 Å². The van der Waals surface area contributed by atoms with Crippen LogP contribution in [0.1, 0.15) is 43.9 Å². The molecule has 7 nitrogen and oxygen atoms in total. The quantitative estimate of drug-likeness (QED) is 0.745. The second-order valence-corrected chi connectivity index (χ2v) is 7.09. The number of amides is 3. The Kier molecular flexibility index (Phi) is 4.96. The van der Waals surface area contributed by atoms with E-state index in [-0.39, 0.29) is 23.8 Å². The monoisotopic (exact) mass is 394 g/mol. The molecule has 0 N–H and O–H groups in total. The smallest absolute Gasteiger partial charge is 0.261 e. The fourth-order valence-electron chi connectivity index (χ4n) is 4.09. The summed E-state index contributed by atoms with van der Waals surface area (Å²) in [5, 5.41) is 0. The summed E-state index contributed by atoms with van der Waals surface area (Å²) < 4.78 is 10.7. The van der Waals surface area contributed by atoms with Gasteiger partial charge in [-0.2, -0.15) is 0 Å². The van der Waals surface area contributed by atoms with Crippen LogP contribution in [0.5, 0.6) is 11.5 Å². The molecule has 2 aromatic carbocycles. The third kappa shape index (κ3) is 3.12. The first-order valence-corrected chi connectivity index (χ1v) is 9.54. The van der Waals surface area contributed by atoms with Crippen molar-refractivity contribution in [2.24, 2.45) is 0 Å². The first kappa shape index (κ1) is 19.0. The molecule has 2 aliphatic rings. The number of hydrogen-bond acceptors (Lipinski definition) is 5. The van der Waals surface area contributed by atoms with Gasteiger partial charge in [-0.3, -0.25) is 19.3 Å². The third-order valence-electron chi connectivity index (χ3n) is 5.58. The molecule has 150 valence electrons. The highest BCUT2D eigenvalue weighted by Gasteiger charge is 2.41. The normalized spacial score (nSPS) is 16.8. The summed E-state index contributed by atoms with van der Waals surface area (Å²) in [6.07, 6.45) is 1.07. The van der Waals surface area contributed by atoms with Crippen LogP contribution in [-0.4, -0.2) is 60.9 Å². The zero-order chi connectivity index (χ0) is 20.5. The molecular weight excluding hydrogens is 372 g/mol. The molecule has 3 amide bonds. The number of rotatable bonds is 4. The van der Waals surface area contributed by atoms with Crippen LogP contribution in [0, 0.1) is 0 Å². The molecule has 0 radical (unpaired) electrons. The maximum Gasteiger partial charge on any atom is 0.261 e. The minimum atomic E-state index is -0.248. The van der Waals surface area contributed by atoms with Crippen molar-refractivity contribution in [2.45, 2.75) is 18.9 Å². The third-order valence-corrected chi connectivity index (χ3v) is 5.58. The maximum atomic E-state index is 13.1. The molecule has 0 spiro atoms. The van der Waals surface area contributed by atoms with E-state index >= 15 is 0 Å². The minimum Gasteiger partial charge on any atom is -0.496 e. The van der Waals surface area contributed by atoms with Gasteiger partial charge < -0.3 is 14.4 Å². The van der Waals surface area contributed by atoms with Gasteiger partial charge in [-0.05, 0) is 37.1 Å². The average Bonchev–Trinajstić information content (AvgIpc) is 3.03. The lowest BCUT2D eigenvalue weighted by Gasteiger charge is -2.36. The Morgan fingerprint density at radius 1 is 0.862 bits per heavy atom. The highest BCUT2D eigenvalue weighted by Crippen LogP contribution is 2.32. The number of hydrogen-bond donors (Lipinski definition) is 0. The minimum absolute atomic E-state index is 0.180. The van der Waals surface area contributed by atoms with Crippen molar-refractivity contribution >= 4 is 17.7 Å². The van der Waals surface area contributed by atoms with Gasteiger partial charge in [0.1, 0.15) is 17.1 Å². The molecule has 0 saturated carbocycles. The van der Waals surface area contributed by atoms with E-state index in [1.807, 2.05) is 0 Å². The van der Waals surface area contributed by atoms with E-state index in [2.05, 4.69) is 0 Å². The van der Waals surface area contributed by atoms with Gasteiger partial charge in [-0.15, -0.1) is 0 Å². The van der Waals surface area contributed by atoms with Crippen LogP contribution in [0.15, 0.2) is 42.5 Å². The molecule has 0 aliphatic carbocycles. The van der Waals surface area contributed by atoms with Gasteiger partial charge in [0.2, 0.25) is 0 Å². The number of carbonyl (C=O) groups excluding carboxylic acids is 3. The molecule has 0 bridgehead atoms. The predicted molar refractivity (Wildman–Crippen MR) is 105 cm³/mol. The molecule has 0 aromatic heterocycles. The Balaban J connectivity index is 1.49. The molecule has 4 rings (SSSR count). The van der Waals surface area contributed by atoms with Gasteiger partial charge in [0.25, 0.3) is 17.7 Å². The SMILES string of the molecule is COc1cccc(OC)c1C(=O)N1CCC(N2C(=O)c3ccccc3C2=O)CC1. The lowest BCUT2D eigenvalue weighted by Crippen LogP contribution is -2.48. The second-order valence-electron chi connectivity index (χ2n) is 7.09. The van der Waals surface area contributed by atoms with E-state index in [9.17, 15) is 14.4 Å². The molecule has 2 aliphatic heterocycles. The molecule has 29 heavy (non-hydrogen) atoms. The number of imide groups is 1. The Hall–Kier alpha value is -3.35. The zero-order valence-corrected chi connectivity index (χ0v) is 16.4. The first-order valence-electron chi connectivity index (χ1n) is 9.54. The van der Waals surface area contributed by atoms with Gasteiger partial charge in [0.15, 0.2) is 0 Å². The van der Waals surface area contributed by atoms with Crippen molar-refractivity contribution in [2.75, 3.05) is 27.3 Å². The summed E-state index contributed by atoms with van der Waals surface area (Å²) in [4.78, 5) is 41.6. The van der Waals surface area contributed by atoms with Crippen LogP contribution in [0.25, 0.3) is 0 Å². The number of benzene rings is 2. The first-order chi connectivity index (χ1) is 14.1. The van der Waals surface area contributed by atoms with Crippen molar-refractivity contribution in [3.8, 4) is 11.5 Å². The second kappa shape index (κ2) is 7.58. The number of ether oxygens (including phenoxy) is 2. The van der Waals surface area contributed by atoms with E-state index in [0.29, 0.717) is 54.1 Å². The van der Waals surface area contributed by atoms with E-state index in [1.54, 1.807) is 47.4 Å². The number of fused-ring (bicyclic) bond motifs is 1. The molecule has 0 unspecified atom stereocenters. The number of nitrogens with zero attached hydrogens (tertiary/aromatic N) is 2. The van der Waals surface area contributed by atoms with Crippen LogP contribution < -0.4 is 9.47 Å². The Morgan fingerprint density at radius 3 is 1.86 bits per heavy atom. The van der Waals surface area contributed by atoms with Gasteiger partial charge in [-0.1, -0.05) is 18.2 Å². The lowest BCUT2D eigenvalue weighted by molar-refractivity contribution is 0.0477. The standard InChI is InChI=1S/C22H22N2O5/c1-28-17-8-5-9-18(29-2)19(17)22(27)23-12-10-14(11-13-23)24-20(25)15-6-3-4-7-16(15)21(24)26/h3-9,14H,10-13H2,1-2H3. The van der Waals surface area contributed by atoms with E-state index in [1.165, 1.54) is 19.1 Å². The van der Waals surface area contributed by atoms with Crippen LogP contribution in [0.3, 0.4) is 0 Å². The Labute approximate surface area is 168 Å². The number of methoxy groups -OCH3 is 2. The van der Waals surface area contributed by atoms with Crippen molar-refractivity contribution in [3.05, 3.63) is 59.2 Å². The Bertz CT molecular complexity index is 922. The summed E-state index contributed by atoms with van der Waals surface area (Å²) in [7, 11) is 3.03. The van der Waals surface area contributed by atoms with Gasteiger partial charge >= 0.3 is 0 Å². The van der Waals surface area contributed by atoms with E-state index < -0.39 is 0 Å². The summed E-state index contributed by atoms with van der Waals surface area (Å²) >= 11 is 0. The van der Waals surface area contributed by atoms with Crippen molar-refractivity contribution < 1.29 is 23.9 Å². The lowest BCUT2D eigenvalue weighted by atomic mass is 10.0. The maximum absolute atomic E-state index is 13.1. The average molecular weight is 394 g/mol. The zero-order valence-electron chi connectivity index (χ0n) is 16.4. The highest BCUT2D eigenvalue weighted by atomic mass is 16.5. The van der Waals surface area contributed by atoms with Crippen LogP contribution in [-0.2, 0) is 0 Å². The van der Waals surface area contributed by atoms with Gasteiger partial charge in [0, 0.05) is 19.1 Å². The summed E-state index contributed by atoms with van der Waals surface area (Å²) in [5.74, 6) is 0.234. The fourth-order valence-corrected chi connectivity index (χ4v) is 4.09. The molecule has 7 heteroatoms. The summed E-state index contributed by atoms with van der Waals surface area (Å²) in [6, 6.07) is 11.9. The highest BCUT2D eigenvalue weighted by molar-refractivity contribution is 6.21. The number of carbonyl (C=O) groups is 3. The number of piperidine rings is 1. The largest absolute Gasteiger partial charge is 0.496 e. The summed E-state index contributed by atoms with van der Waals surface area (Å²) in [6.45, 7) is 0.885. The van der Waals surface area contributed by atoms with E-state index in [4.69, 9.17) is 9.47 Å². The van der Waals surface area contributed by atoms with Crippen LogP contribution in [0.4, 0.5) is 0 Å². The molecule has 0 atom stereocenters. The molecule has 2 aromatic rings. The fraction of sp³-hybridized carbons (Fsp3) is 0.318. The number of likely N-dealkylation sites (tertiary alicyclic amines) is 1. The molecule has 1 fully saturated rings. The van der Waals surface area contributed by atoms with Crippen molar-refractivity contribution in [3.63, 3.8) is 0 Å². The van der Waals surface area contributed by atoms with Crippen LogP contribution >= 0.6 is 0 Å². The topological polar surface area (TPSA) is 76.2 Å². The van der Waals surface area contributed by atoms with E-state index in [0.717, 1.165) is 0 Å². The molecule has 2 heterocycles.